The fourth-order valence-electron chi connectivity index (χ4n) is 3.25. The molecular formula is C13H17N. The molecule has 74 valence electrons. The Labute approximate surface area is 85.5 Å². The highest BCUT2D eigenvalue weighted by molar-refractivity contribution is 5.40. The lowest BCUT2D eigenvalue weighted by molar-refractivity contribution is 0.591. The largest absolute Gasteiger partial charge is 0.316 e. The molecule has 0 spiro atoms. The summed E-state index contributed by atoms with van der Waals surface area (Å²) in [5.41, 5.74) is 3.40. The zero-order valence-corrected chi connectivity index (χ0v) is 8.88. The van der Waals surface area contributed by atoms with E-state index in [0.29, 0.717) is 5.41 Å². The van der Waals surface area contributed by atoms with Gasteiger partial charge in [0.15, 0.2) is 0 Å². The Bertz CT molecular complexity index is 354. The van der Waals surface area contributed by atoms with Crippen LogP contribution in [0.2, 0.25) is 0 Å². The van der Waals surface area contributed by atoms with E-state index in [-0.39, 0.29) is 0 Å². The van der Waals surface area contributed by atoms with E-state index in [0.717, 1.165) is 11.8 Å². The van der Waals surface area contributed by atoms with Crippen LogP contribution in [-0.4, -0.2) is 13.1 Å². The third-order valence-corrected chi connectivity index (χ3v) is 4.34. The molecule has 1 aliphatic heterocycles. The summed E-state index contributed by atoms with van der Waals surface area (Å²) in [6, 6.07) is 9.12. The molecule has 1 aromatic rings. The van der Waals surface area contributed by atoms with Gasteiger partial charge in [0.1, 0.15) is 0 Å². The van der Waals surface area contributed by atoms with Gasteiger partial charge in [-0.05, 0) is 30.9 Å². The highest BCUT2D eigenvalue weighted by Gasteiger charge is 2.64. The van der Waals surface area contributed by atoms with Crippen LogP contribution < -0.4 is 5.32 Å². The van der Waals surface area contributed by atoms with E-state index < -0.39 is 0 Å². The third-order valence-electron chi connectivity index (χ3n) is 4.34. The Morgan fingerprint density at radius 1 is 1.29 bits per heavy atom. The molecule has 1 aromatic carbocycles. The SMILES string of the molecule is Cc1ccc([C@]23CNC[C@H]2[C@H]3C)cc1. The van der Waals surface area contributed by atoms with Crippen LogP contribution in [0.3, 0.4) is 0 Å². The monoisotopic (exact) mass is 187 g/mol. The summed E-state index contributed by atoms with van der Waals surface area (Å²) in [7, 11) is 0. The summed E-state index contributed by atoms with van der Waals surface area (Å²) in [6.07, 6.45) is 0. The molecule has 0 aromatic heterocycles. The smallest absolute Gasteiger partial charge is 0.0150 e. The molecule has 1 heterocycles. The molecule has 1 aliphatic carbocycles. The van der Waals surface area contributed by atoms with Gasteiger partial charge in [0.25, 0.3) is 0 Å². The Morgan fingerprint density at radius 2 is 2.00 bits per heavy atom. The summed E-state index contributed by atoms with van der Waals surface area (Å²) in [6.45, 7) is 6.95. The van der Waals surface area contributed by atoms with E-state index >= 15 is 0 Å². The summed E-state index contributed by atoms with van der Waals surface area (Å²) in [5, 5.41) is 3.51. The number of benzene rings is 1. The minimum absolute atomic E-state index is 0.494. The molecule has 0 radical (unpaired) electrons. The molecule has 0 amide bonds. The minimum atomic E-state index is 0.494. The van der Waals surface area contributed by atoms with Gasteiger partial charge >= 0.3 is 0 Å². The quantitative estimate of drug-likeness (QED) is 0.710. The normalized spacial score (nSPS) is 39.6. The maximum Gasteiger partial charge on any atom is 0.0150 e. The Kier molecular flexibility index (Phi) is 1.58. The molecule has 1 heteroatoms. The van der Waals surface area contributed by atoms with Crippen molar-refractivity contribution in [2.24, 2.45) is 11.8 Å². The second kappa shape index (κ2) is 2.60. The first-order chi connectivity index (χ1) is 6.75. The van der Waals surface area contributed by atoms with Gasteiger partial charge in [-0.15, -0.1) is 0 Å². The second-order valence-corrected chi connectivity index (χ2v) is 4.93. The number of rotatable bonds is 1. The van der Waals surface area contributed by atoms with E-state index in [1.807, 2.05) is 0 Å². The van der Waals surface area contributed by atoms with Gasteiger partial charge < -0.3 is 5.32 Å². The standard InChI is InChI=1S/C13H17N/c1-9-3-5-11(6-4-9)13-8-14-7-12(13)10(13)2/h3-6,10,12,14H,7-8H2,1-2H3/t10-,12+,13-/m1/s1. The van der Waals surface area contributed by atoms with Crippen LogP contribution in [0.25, 0.3) is 0 Å². The van der Waals surface area contributed by atoms with Crippen molar-refractivity contribution in [2.45, 2.75) is 19.3 Å². The topological polar surface area (TPSA) is 12.0 Å². The van der Waals surface area contributed by atoms with Crippen molar-refractivity contribution in [3.8, 4) is 0 Å². The minimum Gasteiger partial charge on any atom is -0.316 e. The van der Waals surface area contributed by atoms with Gasteiger partial charge in [0, 0.05) is 12.0 Å². The van der Waals surface area contributed by atoms with E-state index in [9.17, 15) is 0 Å². The van der Waals surface area contributed by atoms with E-state index in [1.54, 1.807) is 5.56 Å². The molecule has 1 N–H and O–H groups in total. The van der Waals surface area contributed by atoms with Gasteiger partial charge in [-0.2, -0.15) is 0 Å². The van der Waals surface area contributed by atoms with Gasteiger partial charge in [0.2, 0.25) is 0 Å². The maximum atomic E-state index is 3.51. The zero-order chi connectivity index (χ0) is 9.76. The molecular weight excluding hydrogens is 170 g/mol. The number of hydrogen-bond donors (Lipinski definition) is 1. The lowest BCUT2D eigenvalue weighted by atomic mass is 9.92. The van der Waals surface area contributed by atoms with Crippen molar-refractivity contribution in [1.29, 1.82) is 0 Å². The lowest BCUT2D eigenvalue weighted by Gasteiger charge is -2.14. The molecule has 14 heavy (non-hydrogen) atoms. The highest BCUT2D eigenvalue weighted by atomic mass is 15.0. The number of piperidine rings is 1. The third kappa shape index (κ3) is 0.885. The summed E-state index contributed by atoms with van der Waals surface area (Å²) >= 11 is 0. The summed E-state index contributed by atoms with van der Waals surface area (Å²) in [4.78, 5) is 0. The van der Waals surface area contributed by atoms with Gasteiger partial charge in [0.05, 0.1) is 0 Å². The van der Waals surface area contributed by atoms with Crippen LogP contribution in [-0.2, 0) is 5.41 Å². The van der Waals surface area contributed by atoms with E-state index in [4.69, 9.17) is 0 Å². The Balaban J connectivity index is 1.99. The van der Waals surface area contributed by atoms with Crippen LogP contribution >= 0.6 is 0 Å². The van der Waals surface area contributed by atoms with Gasteiger partial charge in [-0.25, -0.2) is 0 Å². The van der Waals surface area contributed by atoms with Crippen molar-refractivity contribution >= 4 is 0 Å². The molecule has 1 nitrogen and oxygen atoms in total. The molecule has 3 rings (SSSR count). The van der Waals surface area contributed by atoms with E-state index in [1.165, 1.54) is 18.7 Å². The lowest BCUT2D eigenvalue weighted by Crippen LogP contribution is -2.22. The first kappa shape index (κ1) is 8.49. The fraction of sp³-hybridized carbons (Fsp3) is 0.538. The predicted octanol–water partition coefficient (Wildman–Crippen LogP) is 2.10. The van der Waals surface area contributed by atoms with Crippen LogP contribution in [0.5, 0.6) is 0 Å². The number of hydrogen-bond acceptors (Lipinski definition) is 1. The molecule has 1 saturated heterocycles. The second-order valence-electron chi connectivity index (χ2n) is 4.93. The van der Waals surface area contributed by atoms with Crippen molar-refractivity contribution in [3.63, 3.8) is 0 Å². The first-order valence-electron chi connectivity index (χ1n) is 5.53. The van der Waals surface area contributed by atoms with Crippen LogP contribution in [0.1, 0.15) is 18.1 Å². The average Bonchev–Trinajstić information content (AvgIpc) is 2.63. The molecule has 0 bridgehead atoms. The molecule has 2 fully saturated rings. The molecule has 3 atom stereocenters. The van der Waals surface area contributed by atoms with Crippen LogP contribution in [0.15, 0.2) is 24.3 Å². The van der Waals surface area contributed by atoms with Crippen LogP contribution in [0.4, 0.5) is 0 Å². The Hall–Kier alpha value is -0.820. The average molecular weight is 187 g/mol. The summed E-state index contributed by atoms with van der Waals surface area (Å²) in [5.74, 6) is 1.77. The van der Waals surface area contributed by atoms with E-state index in [2.05, 4.69) is 43.4 Å². The fourth-order valence-corrected chi connectivity index (χ4v) is 3.25. The number of aryl methyl sites for hydroxylation is 1. The zero-order valence-electron chi connectivity index (χ0n) is 8.88. The van der Waals surface area contributed by atoms with Crippen molar-refractivity contribution in [3.05, 3.63) is 35.4 Å². The number of fused-ring (bicyclic) bond motifs is 1. The van der Waals surface area contributed by atoms with Crippen LogP contribution in [0, 0.1) is 18.8 Å². The van der Waals surface area contributed by atoms with Crippen molar-refractivity contribution < 1.29 is 0 Å². The van der Waals surface area contributed by atoms with Gasteiger partial charge in [-0.3, -0.25) is 0 Å². The maximum absolute atomic E-state index is 3.51. The van der Waals surface area contributed by atoms with Crippen molar-refractivity contribution in [1.82, 2.24) is 5.32 Å². The van der Waals surface area contributed by atoms with Gasteiger partial charge in [-0.1, -0.05) is 36.8 Å². The molecule has 0 unspecified atom stereocenters. The highest BCUT2D eigenvalue weighted by Crippen LogP contribution is 2.61. The first-order valence-corrected chi connectivity index (χ1v) is 5.53. The summed E-state index contributed by atoms with van der Waals surface area (Å²) < 4.78 is 0. The van der Waals surface area contributed by atoms with Crippen molar-refractivity contribution in [2.75, 3.05) is 13.1 Å². The Morgan fingerprint density at radius 3 is 2.57 bits per heavy atom. The molecule has 1 saturated carbocycles. The predicted molar refractivity (Wildman–Crippen MR) is 58.4 cm³/mol. The number of nitrogens with one attached hydrogen (secondary N) is 1. The molecule has 2 aliphatic rings.